The first-order chi connectivity index (χ1) is 21.4. The number of aromatic nitrogens is 1. The normalized spacial score (nSPS) is 16.7. The lowest BCUT2D eigenvalue weighted by molar-refractivity contribution is -0.596. The van der Waals surface area contributed by atoms with Gasteiger partial charge in [0.25, 0.3) is 5.91 Å². The topological polar surface area (TPSA) is 93.3 Å². The van der Waals surface area contributed by atoms with Gasteiger partial charge in [-0.05, 0) is 54.5 Å². The van der Waals surface area contributed by atoms with E-state index in [-0.39, 0.29) is 18.5 Å². The lowest BCUT2D eigenvalue weighted by Crippen LogP contribution is -2.48. The summed E-state index contributed by atoms with van der Waals surface area (Å²) in [5, 5.41) is 17.9. The van der Waals surface area contributed by atoms with Crippen LogP contribution in [0.25, 0.3) is 0 Å². The molecule has 6 rings (SSSR count). The van der Waals surface area contributed by atoms with Crippen LogP contribution < -0.4 is 24.4 Å². The van der Waals surface area contributed by atoms with E-state index in [9.17, 15) is 10.0 Å². The van der Waals surface area contributed by atoms with Crippen LogP contribution in [0.15, 0.2) is 77.8 Å². The second-order valence-corrected chi connectivity index (χ2v) is 11.8. The highest BCUT2D eigenvalue weighted by atomic mass is 32.1. The van der Waals surface area contributed by atoms with Crippen molar-refractivity contribution in [3.05, 3.63) is 106 Å². The molecular weight excluding hydrogens is 581 g/mol. The van der Waals surface area contributed by atoms with Gasteiger partial charge in [-0.1, -0.05) is 42.5 Å². The van der Waals surface area contributed by atoms with Crippen molar-refractivity contribution in [3.8, 4) is 11.5 Å². The molecule has 228 valence electrons. The number of hydrogen-bond acceptors (Lipinski definition) is 8. The van der Waals surface area contributed by atoms with Crippen LogP contribution in [-0.2, 0) is 17.9 Å². The number of benzene rings is 3. The summed E-state index contributed by atoms with van der Waals surface area (Å²) < 4.78 is 27.0. The van der Waals surface area contributed by atoms with Crippen LogP contribution in [-0.4, -0.2) is 43.4 Å². The van der Waals surface area contributed by atoms with Crippen molar-refractivity contribution < 1.29 is 23.4 Å². The molecule has 1 saturated heterocycles. The van der Waals surface area contributed by atoms with Gasteiger partial charge in [0.05, 0.1) is 38.9 Å². The molecule has 1 amide bonds. The molecule has 11 heteroatoms. The Labute approximate surface area is 259 Å². The van der Waals surface area contributed by atoms with E-state index >= 15 is 4.39 Å². The van der Waals surface area contributed by atoms with Gasteiger partial charge in [-0.15, -0.1) is 0 Å². The highest BCUT2D eigenvalue weighted by Crippen LogP contribution is 2.40. The monoisotopic (exact) mass is 615 g/mol. The zero-order valence-electron chi connectivity index (χ0n) is 24.8. The molecule has 0 radical (unpaired) electrons. The standard InChI is InChI=1S/C33H34FN5O4S/c1-21(22-10-5-4-6-11-22)35-31(40)27-14-9-17-38(27)33-39(41)28-20-37(19-23-15-16-24(42-2)18-29(23)43-3)30(36-32(28)44-33)25-12-7-8-13-26(25)34/h4-8,10-13,15-16,18,21,27H,9,14,17,19-20H2,1-3H3,(H,35,40)/t21-,27?/m1/s1. The number of ether oxygens (including phenoxy) is 2. The largest absolute Gasteiger partial charge is 0.710 e. The summed E-state index contributed by atoms with van der Waals surface area (Å²) >= 11 is 1.24. The third-order valence-corrected chi connectivity index (χ3v) is 9.23. The van der Waals surface area contributed by atoms with Gasteiger partial charge in [-0.25, -0.2) is 19.0 Å². The number of aliphatic imine (C=N–C) groups is 1. The molecule has 0 spiro atoms. The molecule has 9 nitrogen and oxygen atoms in total. The lowest BCUT2D eigenvalue weighted by atomic mass is 10.1. The van der Waals surface area contributed by atoms with Gasteiger partial charge in [-0.2, -0.15) is 0 Å². The molecule has 1 fully saturated rings. The molecule has 4 aromatic rings. The summed E-state index contributed by atoms with van der Waals surface area (Å²) in [6, 6.07) is 21.1. The van der Waals surface area contributed by atoms with Gasteiger partial charge in [-0.3, -0.25) is 4.79 Å². The first kappa shape index (κ1) is 29.4. The third-order valence-electron chi connectivity index (χ3n) is 8.13. The SMILES string of the molecule is COc1ccc(CN2Cc3c(sc(N4CCCC4C(=O)N[C@H](C)c4ccccc4)[n+]3[O-])N=C2c2ccccc2F)c(OC)c1. The van der Waals surface area contributed by atoms with E-state index in [0.29, 0.717) is 58.2 Å². The first-order valence-electron chi connectivity index (χ1n) is 14.5. The zero-order valence-corrected chi connectivity index (χ0v) is 25.6. The Kier molecular flexibility index (Phi) is 8.38. The maximum absolute atomic E-state index is 15.1. The number of carbonyl (C=O) groups is 1. The Morgan fingerprint density at radius 1 is 1.14 bits per heavy atom. The van der Waals surface area contributed by atoms with Gasteiger partial charge < -0.3 is 24.9 Å². The number of thiazole rings is 1. The van der Waals surface area contributed by atoms with E-state index in [1.165, 1.54) is 17.4 Å². The quantitative estimate of drug-likeness (QED) is 0.198. The summed E-state index contributed by atoms with van der Waals surface area (Å²) in [6.45, 7) is 3.05. The number of nitrogens with zero attached hydrogens (tertiary/aromatic N) is 4. The number of methoxy groups -OCH3 is 2. The molecule has 2 aliphatic rings. The third kappa shape index (κ3) is 5.67. The summed E-state index contributed by atoms with van der Waals surface area (Å²) in [6.07, 6.45) is 1.43. The van der Waals surface area contributed by atoms with Crippen molar-refractivity contribution in [1.82, 2.24) is 10.2 Å². The summed E-state index contributed by atoms with van der Waals surface area (Å²) in [7, 11) is 3.17. The average Bonchev–Trinajstić information content (AvgIpc) is 3.66. The second kappa shape index (κ2) is 12.5. The number of fused-ring (bicyclic) bond motifs is 1. The summed E-state index contributed by atoms with van der Waals surface area (Å²) in [5.41, 5.74) is 2.64. The molecule has 1 aromatic heterocycles. The molecule has 0 aliphatic carbocycles. The van der Waals surface area contributed by atoms with Crippen molar-refractivity contribution in [2.45, 2.75) is 44.9 Å². The summed E-state index contributed by atoms with van der Waals surface area (Å²) in [4.78, 5) is 22.1. The molecule has 0 saturated carbocycles. The Hall–Kier alpha value is -4.64. The smallest absolute Gasteiger partial charge is 0.342 e. The molecule has 1 N–H and O–H groups in total. The number of hydrogen-bond donors (Lipinski definition) is 1. The number of amidine groups is 1. The van der Waals surface area contributed by atoms with Crippen LogP contribution in [0, 0.1) is 11.0 Å². The fraction of sp³-hybridized carbons (Fsp3) is 0.303. The molecule has 1 unspecified atom stereocenters. The first-order valence-corrected chi connectivity index (χ1v) is 15.4. The van der Waals surface area contributed by atoms with Crippen molar-refractivity contribution in [2.75, 3.05) is 25.7 Å². The fourth-order valence-electron chi connectivity index (χ4n) is 5.80. The minimum absolute atomic E-state index is 0.117. The highest BCUT2D eigenvalue weighted by molar-refractivity contribution is 7.19. The van der Waals surface area contributed by atoms with Crippen LogP contribution in [0.4, 0.5) is 14.5 Å². The van der Waals surface area contributed by atoms with Crippen LogP contribution in [0.2, 0.25) is 0 Å². The van der Waals surface area contributed by atoms with Crippen molar-refractivity contribution in [2.24, 2.45) is 4.99 Å². The molecular formula is C33H34FN5O4S. The van der Waals surface area contributed by atoms with Crippen molar-refractivity contribution in [1.29, 1.82) is 0 Å². The van der Waals surface area contributed by atoms with Gasteiger partial charge in [0, 0.05) is 24.6 Å². The molecule has 2 atom stereocenters. The van der Waals surface area contributed by atoms with Gasteiger partial charge in [0.1, 0.15) is 23.2 Å². The van der Waals surface area contributed by atoms with E-state index in [1.54, 1.807) is 38.5 Å². The van der Waals surface area contributed by atoms with E-state index < -0.39 is 11.9 Å². The predicted octanol–water partition coefficient (Wildman–Crippen LogP) is 5.48. The molecule has 44 heavy (non-hydrogen) atoms. The average molecular weight is 616 g/mol. The lowest BCUT2D eigenvalue weighted by Gasteiger charge is -2.30. The fourth-order valence-corrected chi connectivity index (χ4v) is 6.90. The minimum atomic E-state index is -0.476. The van der Waals surface area contributed by atoms with Gasteiger partial charge in [0.15, 0.2) is 16.7 Å². The van der Waals surface area contributed by atoms with Gasteiger partial charge >= 0.3 is 5.13 Å². The van der Waals surface area contributed by atoms with E-state index in [2.05, 4.69) is 5.32 Å². The highest BCUT2D eigenvalue weighted by Gasteiger charge is 2.42. The molecule has 3 heterocycles. The Bertz CT molecular complexity index is 1690. The number of nitrogens with one attached hydrogen (secondary N) is 1. The van der Waals surface area contributed by atoms with E-state index in [0.717, 1.165) is 22.3 Å². The van der Waals surface area contributed by atoms with Crippen LogP contribution in [0.3, 0.4) is 0 Å². The Balaban J connectivity index is 1.32. The number of carbonyl (C=O) groups excluding carboxylic acids is 1. The number of rotatable bonds is 9. The van der Waals surface area contributed by atoms with Crippen LogP contribution in [0.5, 0.6) is 11.5 Å². The number of anilines is 1. The van der Waals surface area contributed by atoms with Crippen LogP contribution in [0.1, 0.15) is 48.2 Å². The summed E-state index contributed by atoms with van der Waals surface area (Å²) in [5.74, 6) is 1.16. The second-order valence-electron chi connectivity index (χ2n) is 10.9. The van der Waals surface area contributed by atoms with Crippen molar-refractivity contribution in [3.63, 3.8) is 0 Å². The van der Waals surface area contributed by atoms with Crippen molar-refractivity contribution >= 4 is 33.2 Å². The Morgan fingerprint density at radius 2 is 1.91 bits per heavy atom. The zero-order chi connectivity index (χ0) is 30.8. The molecule has 3 aromatic carbocycles. The number of halogens is 1. The van der Waals surface area contributed by atoms with E-state index in [4.69, 9.17) is 14.5 Å². The molecule has 2 aliphatic heterocycles. The molecule has 0 bridgehead atoms. The van der Waals surface area contributed by atoms with Crippen LogP contribution >= 0.6 is 11.3 Å². The maximum atomic E-state index is 15.1. The maximum Gasteiger partial charge on any atom is 0.342 e. The Morgan fingerprint density at radius 3 is 2.66 bits per heavy atom. The van der Waals surface area contributed by atoms with E-state index in [1.807, 2.05) is 59.2 Å². The number of amides is 1. The van der Waals surface area contributed by atoms with Gasteiger partial charge in [0.2, 0.25) is 0 Å². The predicted molar refractivity (Wildman–Crippen MR) is 168 cm³/mol. The minimum Gasteiger partial charge on any atom is -0.710 e.